The second-order valence-corrected chi connectivity index (χ2v) is 4.40. The number of benzene rings is 1. The molecule has 1 aromatic heterocycles. The van der Waals surface area contributed by atoms with Crippen LogP contribution in [0.4, 0.5) is 0 Å². The van der Waals surface area contributed by atoms with Crippen molar-refractivity contribution in [2.75, 3.05) is 0 Å². The van der Waals surface area contributed by atoms with Gasteiger partial charge in [0.2, 0.25) is 6.20 Å². The number of nitrogens with zero attached hydrogens (tertiary/aromatic N) is 1. The highest BCUT2D eigenvalue weighted by Crippen LogP contribution is 2.24. The van der Waals surface area contributed by atoms with Crippen LogP contribution in [0.15, 0.2) is 58.6 Å². The molecule has 0 atom stereocenters. The highest BCUT2D eigenvalue weighted by Gasteiger charge is 2.11. The first-order valence-electron chi connectivity index (χ1n) is 4.70. The van der Waals surface area contributed by atoms with E-state index in [0.717, 1.165) is 20.2 Å². The van der Waals surface area contributed by atoms with Crippen LogP contribution in [-0.4, -0.2) is 5.21 Å². The first-order chi connectivity index (χ1) is 7.25. The summed E-state index contributed by atoms with van der Waals surface area (Å²) in [6.07, 6.45) is 1.65. The van der Waals surface area contributed by atoms with Crippen molar-refractivity contribution in [3.8, 4) is 0 Å². The first-order valence-corrected chi connectivity index (χ1v) is 5.52. The molecule has 0 radical (unpaired) electrons. The first kappa shape index (κ1) is 10.1. The van der Waals surface area contributed by atoms with E-state index >= 15 is 0 Å². The Labute approximate surface area is 93.2 Å². The molecule has 2 aromatic rings. The lowest BCUT2D eigenvalue weighted by atomic mass is 10.3. The Morgan fingerprint density at radius 1 is 1.13 bits per heavy atom. The molecule has 1 aromatic carbocycles. The SMILES string of the molecule is Cc1cc[n+](O)c(Sc2ccccc2)c1. The molecular formula is C12H12NOS+. The maximum atomic E-state index is 9.59. The average molecular weight is 218 g/mol. The summed E-state index contributed by atoms with van der Waals surface area (Å²) in [6.45, 7) is 2.01. The minimum atomic E-state index is 0.821. The van der Waals surface area contributed by atoms with E-state index in [4.69, 9.17) is 0 Å². The van der Waals surface area contributed by atoms with Crippen molar-refractivity contribution in [1.29, 1.82) is 0 Å². The molecule has 0 fully saturated rings. The number of aromatic nitrogens is 1. The Bertz CT molecular complexity index is 456. The molecule has 76 valence electrons. The van der Waals surface area contributed by atoms with Crippen LogP contribution in [0.2, 0.25) is 0 Å². The van der Waals surface area contributed by atoms with Gasteiger partial charge in [0, 0.05) is 21.8 Å². The van der Waals surface area contributed by atoms with Crippen LogP contribution < -0.4 is 4.73 Å². The summed E-state index contributed by atoms with van der Waals surface area (Å²) < 4.78 is 1.14. The van der Waals surface area contributed by atoms with Crippen LogP contribution in [-0.2, 0) is 0 Å². The largest absolute Gasteiger partial charge is 0.295 e. The summed E-state index contributed by atoms with van der Waals surface area (Å²) >= 11 is 1.54. The Hall–Kier alpha value is -1.48. The molecule has 0 unspecified atom stereocenters. The summed E-state index contributed by atoms with van der Waals surface area (Å²) in [6, 6.07) is 13.8. The van der Waals surface area contributed by atoms with Crippen LogP contribution in [0.5, 0.6) is 0 Å². The van der Waals surface area contributed by atoms with Gasteiger partial charge in [0.1, 0.15) is 0 Å². The minimum Gasteiger partial charge on any atom is -0.284 e. The van der Waals surface area contributed by atoms with E-state index in [9.17, 15) is 5.21 Å². The maximum Gasteiger partial charge on any atom is 0.295 e. The highest BCUT2D eigenvalue weighted by molar-refractivity contribution is 7.99. The molecule has 1 heterocycles. The normalized spacial score (nSPS) is 10.2. The minimum absolute atomic E-state index is 0.821. The zero-order valence-electron chi connectivity index (χ0n) is 8.42. The third kappa shape index (κ3) is 2.50. The van der Waals surface area contributed by atoms with E-state index in [-0.39, 0.29) is 0 Å². The van der Waals surface area contributed by atoms with E-state index in [1.807, 2.05) is 49.4 Å². The summed E-state index contributed by atoms with van der Waals surface area (Å²) in [4.78, 5) is 1.12. The summed E-state index contributed by atoms with van der Waals surface area (Å²) in [7, 11) is 0. The summed E-state index contributed by atoms with van der Waals surface area (Å²) in [5, 5.41) is 10.4. The van der Waals surface area contributed by atoms with Crippen LogP contribution in [0, 0.1) is 6.92 Å². The van der Waals surface area contributed by atoms with Crippen LogP contribution in [0.25, 0.3) is 0 Å². The van der Waals surface area contributed by atoms with Crippen molar-refractivity contribution in [3.05, 3.63) is 54.2 Å². The lowest BCUT2D eigenvalue weighted by molar-refractivity contribution is -0.932. The van der Waals surface area contributed by atoms with Gasteiger partial charge in [-0.15, -0.1) is 0 Å². The standard InChI is InChI=1S/C12H12NOS/c1-10-7-8-13(14)12(9-10)15-11-5-3-2-4-6-11/h2-9,14H,1H3/q+1. The Balaban J connectivity index is 2.28. The Morgan fingerprint density at radius 3 is 2.60 bits per heavy atom. The lowest BCUT2D eigenvalue weighted by Gasteiger charge is -1.98. The number of hydrogen-bond acceptors (Lipinski definition) is 2. The molecule has 0 aliphatic heterocycles. The van der Waals surface area contributed by atoms with Gasteiger partial charge in [-0.05, 0) is 36.4 Å². The molecular weight excluding hydrogens is 206 g/mol. The zero-order valence-corrected chi connectivity index (χ0v) is 9.24. The quantitative estimate of drug-likeness (QED) is 0.619. The third-order valence-corrected chi connectivity index (χ3v) is 3.04. The molecule has 0 saturated carbocycles. The van der Waals surface area contributed by atoms with Gasteiger partial charge in [0.05, 0.1) is 0 Å². The van der Waals surface area contributed by atoms with Crippen molar-refractivity contribution in [3.63, 3.8) is 0 Å². The molecule has 0 aliphatic carbocycles. The smallest absolute Gasteiger partial charge is 0.284 e. The van der Waals surface area contributed by atoms with Gasteiger partial charge >= 0.3 is 0 Å². The molecule has 0 amide bonds. The van der Waals surface area contributed by atoms with Crippen molar-refractivity contribution in [2.45, 2.75) is 16.8 Å². The fourth-order valence-electron chi connectivity index (χ4n) is 1.26. The molecule has 2 nitrogen and oxygen atoms in total. The molecule has 0 aliphatic rings. The molecule has 0 bridgehead atoms. The van der Waals surface area contributed by atoms with Gasteiger partial charge in [0.25, 0.3) is 5.03 Å². The van der Waals surface area contributed by atoms with E-state index < -0.39 is 0 Å². The number of rotatable bonds is 2. The monoisotopic (exact) mass is 218 g/mol. The fraction of sp³-hybridized carbons (Fsp3) is 0.0833. The number of aryl methyl sites for hydroxylation is 1. The van der Waals surface area contributed by atoms with E-state index in [2.05, 4.69) is 0 Å². The summed E-state index contributed by atoms with van der Waals surface area (Å²) in [5.74, 6) is 0. The maximum absolute atomic E-state index is 9.59. The second kappa shape index (κ2) is 4.36. The predicted octanol–water partition coefficient (Wildman–Crippen LogP) is 2.67. The highest BCUT2D eigenvalue weighted by atomic mass is 32.2. The van der Waals surface area contributed by atoms with E-state index in [1.165, 1.54) is 0 Å². The number of pyridine rings is 1. The fourth-order valence-corrected chi connectivity index (χ4v) is 2.19. The second-order valence-electron chi connectivity index (χ2n) is 3.30. The molecule has 0 saturated heterocycles. The van der Waals surface area contributed by atoms with Gasteiger partial charge in [-0.25, -0.2) is 0 Å². The van der Waals surface area contributed by atoms with Crippen LogP contribution in [0.1, 0.15) is 5.56 Å². The number of hydrogen-bond donors (Lipinski definition) is 1. The van der Waals surface area contributed by atoms with Gasteiger partial charge in [0.15, 0.2) is 0 Å². The van der Waals surface area contributed by atoms with Gasteiger partial charge in [-0.2, -0.15) is 0 Å². The van der Waals surface area contributed by atoms with E-state index in [0.29, 0.717) is 0 Å². The molecule has 2 rings (SSSR count). The zero-order chi connectivity index (χ0) is 10.7. The Morgan fingerprint density at radius 2 is 1.87 bits per heavy atom. The van der Waals surface area contributed by atoms with Crippen molar-refractivity contribution in [2.24, 2.45) is 0 Å². The molecule has 15 heavy (non-hydrogen) atoms. The van der Waals surface area contributed by atoms with Crippen LogP contribution >= 0.6 is 11.8 Å². The topological polar surface area (TPSA) is 24.1 Å². The van der Waals surface area contributed by atoms with Crippen molar-refractivity contribution < 1.29 is 9.94 Å². The Kier molecular flexibility index (Phi) is 2.92. The van der Waals surface area contributed by atoms with Gasteiger partial charge in [-0.3, -0.25) is 5.21 Å². The van der Waals surface area contributed by atoms with Crippen molar-refractivity contribution in [1.82, 2.24) is 0 Å². The molecule has 3 heteroatoms. The molecule has 1 N–H and O–H groups in total. The average Bonchev–Trinajstić information content (AvgIpc) is 2.25. The van der Waals surface area contributed by atoms with Crippen molar-refractivity contribution >= 4 is 11.8 Å². The van der Waals surface area contributed by atoms with Gasteiger partial charge in [-0.1, -0.05) is 18.2 Å². The third-order valence-electron chi connectivity index (χ3n) is 2.02. The predicted molar refractivity (Wildman–Crippen MR) is 59.1 cm³/mol. The van der Waals surface area contributed by atoms with Crippen LogP contribution in [0.3, 0.4) is 0 Å². The summed E-state index contributed by atoms with van der Waals surface area (Å²) in [5.41, 5.74) is 1.14. The molecule has 0 spiro atoms. The van der Waals surface area contributed by atoms with E-state index in [1.54, 1.807) is 18.0 Å². The van der Waals surface area contributed by atoms with Gasteiger partial charge < -0.3 is 0 Å². The lowest BCUT2D eigenvalue weighted by Crippen LogP contribution is -2.31.